The molecule has 0 N–H and O–H groups in total. The van der Waals surface area contributed by atoms with Crippen molar-refractivity contribution >= 4 is 42.6 Å². The van der Waals surface area contributed by atoms with E-state index in [1.807, 2.05) is 6.92 Å². The highest BCUT2D eigenvalue weighted by Gasteiger charge is 2.32. The van der Waals surface area contributed by atoms with Crippen LogP contribution >= 0.6 is 11.3 Å². The van der Waals surface area contributed by atoms with Crippen molar-refractivity contribution in [2.45, 2.75) is 68.9 Å². The molecule has 1 aliphatic heterocycles. The molecule has 2 aliphatic rings. The maximum atomic E-state index is 14.4. The molecule has 38 heavy (non-hydrogen) atoms. The summed E-state index contributed by atoms with van der Waals surface area (Å²) in [5.41, 5.74) is 0.272. The van der Waals surface area contributed by atoms with Crippen molar-refractivity contribution in [3.8, 4) is 0 Å². The van der Waals surface area contributed by atoms with E-state index in [0.29, 0.717) is 17.9 Å². The van der Waals surface area contributed by atoms with Gasteiger partial charge in [0.15, 0.2) is 10.9 Å². The van der Waals surface area contributed by atoms with E-state index in [1.54, 1.807) is 4.31 Å². The first-order chi connectivity index (χ1) is 18.3. The molecule has 1 atom stereocenters. The molecule has 2 heterocycles. The van der Waals surface area contributed by atoms with Gasteiger partial charge in [-0.2, -0.15) is 4.31 Å². The Labute approximate surface area is 225 Å². The minimum Gasteiger partial charge on any atom is -0.376 e. The third kappa shape index (κ3) is 5.47. The number of fused-ring (bicyclic) bond motifs is 1. The summed E-state index contributed by atoms with van der Waals surface area (Å²) in [4.78, 5) is 19.5. The zero-order chi connectivity index (χ0) is 26.9. The molecular formula is C27H31F2N3O4S2. The lowest BCUT2D eigenvalue weighted by atomic mass is 9.95. The number of hydrogen-bond donors (Lipinski definition) is 0. The zero-order valence-corrected chi connectivity index (χ0v) is 22.9. The number of rotatable bonds is 8. The normalized spacial score (nSPS) is 18.9. The van der Waals surface area contributed by atoms with Crippen molar-refractivity contribution < 1.29 is 26.7 Å². The number of anilines is 1. The van der Waals surface area contributed by atoms with Crippen molar-refractivity contribution in [1.29, 1.82) is 0 Å². The molecular weight excluding hydrogens is 532 g/mol. The van der Waals surface area contributed by atoms with Crippen LogP contribution in [0, 0.1) is 11.6 Å². The van der Waals surface area contributed by atoms with Gasteiger partial charge in [-0.15, -0.1) is 0 Å². The van der Waals surface area contributed by atoms with Crippen molar-refractivity contribution in [1.82, 2.24) is 9.29 Å². The van der Waals surface area contributed by atoms with E-state index in [4.69, 9.17) is 4.74 Å². The molecule has 1 saturated heterocycles. The fourth-order valence-electron chi connectivity index (χ4n) is 5.35. The minimum atomic E-state index is -3.71. The number of sulfonamides is 1. The fourth-order valence-corrected chi connectivity index (χ4v) is 8.06. The molecule has 2 aromatic carbocycles. The summed E-state index contributed by atoms with van der Waals surface area (Å²) in [6.07, 6.45) is 6.31. The Morgan fingerprint density at radius 3 is 2.47 bits per heavy atom. The van der Waals surface area contributed by atoms with E-state index < -0.39 is 27.6 Å². The van der Waals surface area contributed by atoms with E-state index in [2.05, 4.69) is 4.98 Å². The summed E-state index contributed by atoms with van der Waals surface area (Å²) >= 11 is 1.03. The lowest BCUT2D eigenvalue weighted by Gasteiger charge is -2.32. The molecule has 2 fully saturated rings. The van der Waals surface area contributed by atoms with Crippen molar-refractivity contribution in [2.24, 2.45) is 0 Å². The average Bonchev–Trinajstić information content (AvgIpc) is 3.58. The largest absolute Gasteiger partial charge is 0.376 e. The molecule has 0 bridgehead atoms. The maximum absolute atomic E-state index is 14.4. The van der Waals surface area contributed by atoms with Gasteiger partial charge in [-0.25, -0.2) is 22.2 Å². The first kappa shape index (κ1) is 27.1. The number of halogens is 2. The molecule has 1 aromatic heterocycles. The number of benzene rings is 2. The first-order valence-electron chi connectivity index (χ1n) is 13.1. The average molecular weight is 564 g/mol. The van der Waals surface area contributed by atoms with E-state index in [0.717, 1.165) is 62.3 Å². The summed E-state index contributed by atoms with van der Waals surface area (Å²) in [7, 11) is -3.71. The molecule has 1 aliphatic carbocycles. The second kappa shape index (κ2) is 11.3. The number of nitrogens with zero attached hydrogens (tertiary/aromatic N) is 3. The summed E-state index contributed by atoms with van der Waals surface area (Å²) in [5.74, 6) is -1.92. The van der Waals surface area contributed by atoms with Crippen LogP contribution < -0.4 is 4.90 Å². The number of thiazole rings is 1. The van der Waals surface area contributed by atoms with E-state index in [9.17, 15) is 22.0 Å². The topological polar surface area (TPSA) is 79.8 Å². The number of amides is 1. The predicted octanol–water partition coefficient (Wildman–Crippen LogP) is 5.74. The van der Waals surface area contributed by atoms with Gasteiger partial charge in [0.25, 0.3) is 5.91 Å². The van der Waals surface area contributed by atoms with Gasteiger partial charge in [-0.1, -0.05) is 37.5 Å². The molecule has 1 saturated carbocycles. The van der Waals surface area contributed by atoms with Crippen molar-refractivity contribution in [3.63, 3.8) is 0 Å². The first-order valence-corrected chi connectivity index (χ1v) is 15.3. The molecule has 0 radical (unpaired) electrons. The molecule has 1 amide bonds. The van der Waals surface area contributed by atoms with Crippen LogP contribution in [0.2, 0.25) is 0 Å². The Balaban J connectivity index is 1.43. The highest BCUT2D eigenvalue weighted by Crippen LogP contribution is 2.33. The second-order valence-corrected chi connectivity index (χ2v) is 12.7. The van der Waals surface area contributed by atoms with Crippen LogP contribution in [-0.4, -0.2) is 55.5 Å². The van der Waals surface area contributed by atoms with Gasteiger partial charge >= 0.3 is 0 Å². The third-order valence-electron chi connectivity index (χ3n) is 7.29. The predicted molar refractivity (Wildman–Crippen MR) is 143 cm³/mol. The van der Waals surface area contributed by atoms with Crippen LogP contribution in [0.4, 0.5) is 13.9 Å². The number of carbonyl (C=O) groups excluding carboxylic acids is 1. The Hall–Kier alpha value is -2.47. The van der Waals surface area contributed by atoms with Crippen molar-refractivity contribution in [3.05, 3.63) is 53.6 Å². The van der Waals surface area contributed by atoms with Crippen LogP contribution in [0.25, 0.3) is 10.2 Å². The molecule has 11 heteroatoms. The van der Waals surface area contributed by atoms with Crippen LogP contribution in [0.3, 0.4) is 0 Å². The quantitative estimate of drug-likeness (QED) is 0.349. The molecule has 0 spiro atoms. The Kier molecular flexibility index (Phi) is 8.08. The third-order valence-corrected chi connectivity index (χ3v) is 10.4. The minimum absolute atomic E-state index is 0.000325. The number of aromatic nitrogens is 1. The smallest absolute Gasteiger partial charge is 0.260 e. The Morgan fingerprint density at radius 1 is 1.08 bits per heavy atom. The van der Waals surface area contributed by atoms with Gasteiger partial charge in [0, 0.05) is 30.8 Å². The highest BCUT2D eigenvalue weighted by atomic mass is 32.2. The number of ether oxygens (including phenoxy) is 1. The monoisotopic (exact) mass is 563 g/mol. The van der Waals surface area contributed by atoms with Gasteiger partial charge in [-0.3, -0.25) is 9.69 Å². The van der Waals surface area contributed by atoms with Crippen molar-refractivity contribution in [2.75, 3.05) is 24.6 Å². The molecule has 1 unspecified atom stereocenters. The van der Waals surface area contributed by atoms with E-state index in [-0.39, 0.29) is 39.8 Å². The Bertz CT molecular complexity index is 1400. The SMILES string of the molecule is CCN(C1CCCCC1)S(=O)(=O)c1ccc(C(=O)N(CC2CCCO2)c2nc3c(F)cc(F)cc3s2)cc1. The van der Waals surface area contributed by atoms with Gasteiger partial charge in [0.1, 0.15) is 11.3 Å². The van der Waals surface area contributed by atoms with Gasteiger partial charge in [-0.05, 0) is 56.0 Å². The van der Waals surface area contributed by atoms with E-state index in [1.165, 1.54) is 35.2 Å². The van der Waals surface area contributed by atoms with Crippen LogP contribution in [-0.2, 0) is 14.8 Å². The summed E-state index contributed by atoms with van der Waals surface area (Å²) in [5, 5.41) is 0.233. The summed E-state index contributed by atoms with van der Waals surface area (Å²) in [6, 6.07) is 7.88. The van der Waals surface area contributed by atoms with Gasteiger partial charge < -0.3 is 4.74 Å². The van der Waals surface area contributed by atoms with Crippen LogP contribution in [0.15, 0.2) is 41.3 Å². The maximum Gasteiger partial charge on any atom is 0.260 e. The number of hydrogen-bond acceptors (Lipinski definition) is 6. The molecule has 7 nitrogen and oxygen atoms in total. The number of carbonyl (C=O) groups is 1. The van der Waals surface area contributed by atoms with Crippen LogP contribution in [0.1, 0.15) is 62.2 Å². The second-order valence-electron chi connectivity index (χ2n) is 9.81. The molecule has 5 rings (SSSR count). The van der Waals surface area contributed by atoms with Gasteiger partial charge in [0.05, 0.1) is 22.2 Å². The lowest BCUT2D eigenvalue weighted by Crippen LogP contribution is -2.41. The van der Waals surface area contributed by atoms with Crippen LogP contribution in [0.5, 0.6) is 0 Å². The fraction of sp³-hybridized carbons (Fsp3) is 0.481. The Morgan fingerprint density at radius 2 is 1.82 bits per heavy atom. The summed E-state index contributed by atoms with van der Waals surface area (Å²) < 4.78 is 62.6. The lowest BCUT2D eigenvalue weighted by molar-refractivity contribution is 0.0917. The molecule has 3 aromatic rings. The standard InChI is InChI=1S/C27H31F2N3O4S2/c1-2-32(20-7-4-3-5-8-20)38(34,35)22-12-10-18(11-13-22)26(33)31(17-21-9-6-14-36-21)27-30-25-23(29)15-19(28)16-24(25)37-27/h10-13,15-16,20-21H,2-9,14,17H2,1H3. The highest BCUT2D eigenvalue weighted by molar-refractivity contribution is 7.89. The van der Waals surface area contributed by atoms with Gasteiger partial charge in [0.2, 0.25) is 10.0 Å². The van der Waals surface area contributed by atoms with E-state index >= 15 is 0 Å². The molecule has 204 valence electrons. The summed E-state index contributed by atoms with van der Waals surface area (Å²) in [6.45, 7) is 3.03. The zero-order valence-electron chi connectivity index (χ0n) is 21.2.